The number of hydrogen-bond donors (Lipinski definition) is 1. The Morgan fingerprint density at radius 3 is 2.73 bits per heavy atom. The summed E-state index contributed by atoms with van der Waals surface area (Å²) in [5.74, 6) is -0.390. The van der Waals surface area contributed by atoms with Crippen molar-refractivity contribution in [3.05, 3.63) is 58.9 Å². The van der Waals surface area contributed by atoms with Crippen molar-refractivity contribution in [2.75, 3.05) is 17.8 Å². The third-order valence-electron chi connectivity index (χ3n) is 3.98. The van der Waals surface area contributed by atoms with Crippen molar-refractivity contribution in [1.82, 2.24) is 9.78 Å². The van der Waals surface area contributed by atoms with Gasteiger partial charge in [0.15, 0.2) is 0 Å². The van der Waals surface area contributed by atoms with Crippen molar-refractivity contribution in [3.8, 4) is 0 Å². The van der Waals surface area contributed by atoms with Crippen molar-refractivity contribution >= 4 is 23.4 Å². The SMILES string of the molecule is CCOC(=O)C1=C(CCl)Nc2ccnn2C1c1ccccc1C(F)(F)F. The number of anilines is 1. The van der Waals surface area contributed by atoms with Crippen molar-refractivity contribution in [2.45, 2.75) is 19.1 Å². The Morgan fingerprint density at radius 1 is 1.35 bits per heavy atom. The summed E-state index contributed by atoms with van der Waals surface area (Å²) in [6.45, 7) is 1.70. The highest BCUT2D eigenvalue weighted by atomic mass is 35.5. The molecule has 1 N–H and O–H groups in total. The molecule has 1 aliphatic heterocycles. The molecule has 1 unspecified atom stereocenters. The summed E-state index contributed by atoms with van der Waals surface area (Å²) >= 11 is 5.96. The number of allylic oxidation sites excluding steroid dienone is 1. The summed E-state index contributed by atoms with van der Waals surface area (Å²) < 4.78 is 47.1. The summed E-state index contributed by atoms with van der Waals surface area (Å²) in [5, 5.41) is 7.04. The van der Waals surface area contributed by atoms with Crippen LogP contribution in [0.25, 0.3) is 0 Å². The third-order valence-corrected chi connectivity index (χ3v) is 4.25. The molecule has 0 aliphatic carbocycles. The minimum atomic E-state index is -4.59. The highest BCUT2D eigenvalue weighted by Gasteiger charge is 2.41. The Hall–Kier alpha value is -2.48. The highest BCUT2D eigenvalue weighted by molar-refractivity contribution is 6.20. The minimum absolute atomic E-state index is 0.00903. The van der Waals surface area contributed by atoms with E-state index in [9.17, 15) is 18.0 Å². The second-order valence-corrected chi connectivity index (χ2v) is 5.79. The lowest BCUT2D eigenvalue weighted by molar-refractivity contribution is -0.141. The number of hydrogen-bond acceptors (Lipinski definition) is 4. The molecule has 0 spiro atoms. The number of nitrogens with one attached hydrogen (secondary N) is 1. The first-order valence-electron chi connectivity index (χ1n) is 7.81. The van der Waals surface area contributed by atoms with Gasteiger partial charge in [-0.25, -0.2) is 9.48 Å². The minimum Gasteiger partial charge on any atom is -0.463 e. The molecule has 138 valence electrons. The molecule has 26 heavy (non-hydrogen) atoms. The van der Waals surface area contributed by atoms with Gasteiger partial charge in [0, 0.05) is 11.8 Å². The fourth-order valence-electron chi connectivity index (χ4n) is 2.96. The molecule has 0 saturated heterocycles. The predicted octanol–water partition coefficient (Wildman–Crippen LogP) is 3.97. The Balaban J connectivity index is 2.26. The third kappa shape index (κ3) is 3.16. The smallest absolute Gasteiger partial charge is 0.416 e. The van der Waals surface area contributed by atoms with Gasteiger partial charge < -0.3 is 10.1 Å². The maximum absolute atomic E-state index is 13.6. The number of carbonyl (C=O) groups excluding carboxylic acids is 1. The van der Waals surface area contributed by atoms with Crippen LogP contribution in [0.2, 0.25) is 0 Å². The molecule has 2 heterocycles. The Labute approximate surface area is 152 Å². The number of carbonyl (C=O) groups is 1. The first-order valence-corrected chi connectivity index (χ1v) is 8.34. The second kappa shape index (κ2) is 7.03. The average molecular weight is 386 g/mol. The van der Waals surface area contributed by atoms with Gasteiger partial charge in [0.05, 0.1) is 29.8 Å². The van der Waals surface area contributed by atoms with Crippen LogP contribution < -0.4 is 5.32 Å². The molecular formula is C17H15ClF3N3O2. The summed E-state index contributed by atoms with van der Waals surface area (Å²) in [7, 11) is 0. The topological polar surface area (TPSA) is 56.1 Å². The van der Waals surface area contributed by atoms with Gasteiger partial charge in [0.25, 0.3) is 0 Å². The fourth-order valence-corrected chi connectivity index (χ4v) is 3.17. The van der Waals surface area contributed by atoms with Crippen LogP contribution in [0, 0.1) is 0 Å². The van der Waals surface area contributed by atoms with Gasteiger partial charge in [-0.1, -0.05) is 18.2 Å². The zero-order valence-electron chi connectivity index (χ0n) is 13.7. The van der Waals surface area contributed by atoms with Crippen LogP contribution in [0.15, 0.2) is 47.8 Å². The number of nitrogens with zero attached hydrogens (tertiary/aromatic N) is 2. The largest absolute Gasteiger partial charge is 0.463 e. The van der Waals surface area contributed by atoms with Crippen LogP contribution >= 0.6 is 11.6 Å². The Kier molecular flexibility index (Phi) is 4.95. The molecule has 0 amide bonds. The van der Waals surface area contributed by atoms with Crippen LogP contribution in [0.4, 0.5) is 19.0 Å². The molecule has 0 radical (unpaired) electrons. The molecule has 1 aromatic heterocycles. The van der Waals surface area contributed by atoms with E-state index in [1.807, 2.05) is 0 Å². The number of aromatic nitrogens is 2. The number of esters is 1. The molecule has 1 atom stereocenters. The molecule has 0 bridgehead atoms. The van der Waals surface area contributed by atoms with Crippen molar-refractivity contribution in [2.24, 2.45) is 0 Å². The van der Waals surface area contributed by atoms with E-state index in [1.165, 1.54) is 29.1 Å². The second-order valence-electron chi connectivity index (χ2n) is 5.52. The lowest BCUT2D eigenvalue weighted by Gasteiger charge is -2.31. The normalized spacial score (nSPS) is 16.9. The average Bonchev–Trinajstić information content (AvgIpc) is 3.07. The number of ether oxygens (including phenoxy) is 1. The first-order chi connectivity index (χ1) is 12.4. The van der Waals surface area contributed by atoms with Crippen LogP contribution in [0.3, 0.4) is 0 Å². The van der Waals surface area contributed by atoms with Crippen LogP contribution in [0.5, 0.6) is 0 Å². The number of alkyl halides is 4. The van der Waals surface area contributed by atoms with Crippen molar-refractivity contribution in [1.29, 1.82) is 0 Å². The quantitative estimate of drug-likeness (QED) is 0.639. The van der Waals surface area contributed by atoms with E-state index in [1.54, 1.807) is 13.0 Å². The van der Waals surface area contributed by atoms with E-state index >= 15 is 0 Å². The van der Waals surface area contributed by atoms with Crippen LogP contribution in [-0.4, -0.2) is 28.2 Å². The molecule has 5 nitrogen and oxygen atoms in total. The van der Waals surface area contributed by atoms with Crippen LogP contribution in [0.1, 0.15) is 24.1 Å². The van der Waals surface area contributed by atoms with Gasteiger partial charge in [-0.3, -0.25) is 0 Å². The van der Waals surface area contributed by atoms with Gasteiger partial charge in [-0.15, -0.1) is 11.6 Å². The number of fused-ring (bicyclic) bond motifs is 1. The zero-order valence-corrected chi connectivity index (χ0v) is 14.4. The molecule has 3 rings (SSSR count). The summed E-state index contributed by atoms with van der Waals surface area (Å²) in [6.07, 6.45) is -3.15. The zero-order chi connectivity index (χ0) is 18.9. The van der Waals surface area contributed by atoms with E-state index in [2.05, 4.69) is 10.4 Å². The van der Waals surface area contributed by atoms with Crippen LogP contribution in [-0.2, 0) is 15.7 Å². The number of rotatable bonds is 4. The molecule has 1 aromatic carbocycles. The van der Waals surface area contributed by atoms with E-state index in [-0.39, 0.29) is 23.6 Å². The molecule has 2 aromatic rings. The van der Waals surface area contributed by atoms with Crippen molar-refractivity contribution < 1.29 is 22.7 Å². The summed E-state index contributed by atoms with van der Waals surface area (Å²) in [5.41, 5.74) is -0.643. The van der Waals surface area contributed by atoms with E-state index in [4.69, 9.17) is 16.3 Å². The first kappa shape index (κ1) is 18.3. The van der Waals surface area contributed by atoms with Gasteiger partial charge >= 0.3 is 12.1 Å². The van der Waals surface area contributed by atoms with Gasteiger partial charge in [0.1, 0.15) is 11.9 Å². The lowest BCUT2D eigenvalue weighted by atomic mass is 9.91. The van der Waals surface area contributed by atoms with Gasteiger partial charge in [-0.2, -0.15) is 18.3 Å². The number of halogens is 4. The maximum atomic E-state index is 13.6. The standard InChI is InChI=1S/C17H15ClF3N3O2/c1-2-26-16(25)14-12(9-18)23-13-7-8-22-24(13)15(14)10-5-3-4-6-11(10)17(19,20)21/h3-8,15,23H,2,9H2,1H3. The molecule has 0 saturated carbocycles. The molecular weight excluding hydrogens is 371 g/mol. The highest BCUT2D eigenvalue weighted by Crippen LogP contribution is 2.42. The summed E-state index contributed by atoms with van der Waals surface area (Å²) in [4.78, 5) is 12.5. The lowest BCUT2D eigenvalue weighted by Crippen LogP contribution is -2.32. The van der Waals surface area contributed by atoms with Gasteiger partial charge in [0.2, 0.25) is 0 Å². The Morgan fingerprint density at radius 2 is 2.08 bits per heavy atom. The van der Waals surface area contributed by atoms with Crippen molar-refractivity contribution in [3.63, 3.8) is 0 Å². The molecule has 9 heteroatoms. The monoisotopic (exact) mass is 385 g/mol. The predicted molar refractivity (Wildman–Crippen MR) is 89.8 cm³/mol. The molecule has 0 fully saturated rings. The number of benzene rings is 1. The molecule has 1 aliphatic rings. The van der Waals surface area contributed by atoms with Gasteiger partial charge in [-0.05, 0) is 18.6 Å². The van der Waals surface area contributed by atoms with E-state index in [0.29, 0.717) is 11.5 Å². The van der Waals surface area contributed by atoms with E-state index < -0.39 is 23.8 Å². The fraction of sp³-hybridized carbons (Fsp3) is 0.294. The summed E-state index contributed by atoms with van der Waals surface area (Å²) in [6, 6.07) is 5.58. The Bertz CT molecular complexity index is 861. The maximum Gasteiger partial charge on any atom is 0.416 e. The van der Waals surface area contributed by atoms with E-state index in [0.717, 1.165) is 6.07 Å².